The molecule has 31 heavy (non-hydrogen) atoms. The lowest BCUT2D eigenvalue weighted by Crippen LogP contribution is -2.45. The molecule has 0 N–H and O–H groups in total. The van der Waals surface area contributed by atoms with Crippen LogP contribution >= 0.6 is 15.9 Å². The normalized spacial score (nSPS) is 24.4. The lowest BCUT2D eigenvalue weighted by molar-refractivity contribution is 0.170. The van der Waals surface area contributed by atoms with Crippen molar-refractivity contribution in [3.05, 3.63) is 70.2 Å². The standard InChI is InChI=1S/C23H21BrN6O/c1-13-17-5-4-16-20(18-7-8-25-12-27-18)29-30(19-6-3-15(24)11-26-19)22(16)23(17,2)9-14-10-28-31-21(13)14/h3,6-8,10-13,17H,4-5,9H2,1-2H3/t13-,17-,23-/m1/s1. The zero-order chi connectivity index (χ0) is 21.2. The first-order valence-corrected chi connectivity index (χ1v) is 11.3. The molecule has 0 bridgehead atoms. The van der Waals surface area contributed by atoms with Crippen LogP contribution < -0.4 is 0 Å². The molecular formula is C23H21BrN6O. The Kier molecular flexibility index (Phi) is 4.15. The molecule has 0 aliphatic heterocycles. The van der Waals surface area contributed by atoms with E-state index >= 15 is 0 Å². The predicted molar refractivity (Wildman–Crippen MR) is 118 cm³/mol. The fourth-order valence-electron chi connectivity index (χ4n) is 5.74. The van der Waals surface area contributed by atoms with Gasteiger partial charge >= 0.3 is 0 Å². The van der Waals surface area contributed by atoms with E-state index in [0.717, 1.165) is 46.7 Å². The number of fused-ring (bicyclic) bond motifs is 4. The van der Waals surface area contributed by atoms with Gasteiger partial charge in [0.25, 0.3) is 0 Å². The zero-order valence-electron chi connectivity index (χ0n) is 17.3. The molecule has 2 aliphatic rings. The molecule has 4 heterocycles. The van der Waals surface area contributed by atoms with E-state index in [1.165, 1.54) is 16.8 Å². The van der Waals surface area contributed by atoms with Crippen LogP contribution in [0, 0.1) is 5.92 Å². The summed E-state index contributed by atoms with van der Waals surface area (Å²) in [7, 11) is 0. The number of rotatable bonds is 2. The van der Waals surface area contributed by atoms with Crippen LogP contribution in [0.1, 0.15) is 48.8 Å². The quantitative estimate of drug-likeness (QED) is 0.418. The van der Waals surface area contributed by atoms with Crippen molar-refractivity contribution in [2.75, 3.05) is 0 Å². The average Bonchev–Trinajstić information content (AvgIpc) is 3.40. The van der Waals surface area contributed by atoms with Gasteiger partial charge in [-0.25, -0.2) is 19.6 Å². The topological polar surface area (TPSA) is 82.5 Å². The highest BCUT2D eigenvalue weighted by Crippen LogP contribution is 2.55. The maximum Gasteiger partial charge on any atom is 0.153 e. The van der Waals surface area contributed by atoms with Crippen LogP contribution in [-0.2, 0) is 18.3 Å². The summed E-state index contributed by atoms with van der Waals surface area (Å²) in [5.41, 5.74) is 5.34. The summed E-state index contributed by atoms with van der Waals surface area (Å²) in [5.74, 6) is 2.58. The number of hydrogen-bond donors (Lipinski definition) is 0. The Hall–Kier alpha value is -2.87. The minimum atomic E-state index is -0.113. The first-order valence-electron chi connectivity index (χ1n) is 10.5. The summed E-state index contributed by atoms with van der Waals surface area (Å²) in [4.78, 5) is 13.3. The molecule has 0 amide bonds. The summed E-state index contributed by atoms with van der Waals surface area (Å²) in [6, 6.07) is 5.94. The minimum absolute atomic E-state index is 0.113. The van der Waals surface area contributed by atoms with Crippen LogP contribution in [-0.4, -0.2) is 29.9 Å². The van der Waals surface area contributed by atoms with E-state index in [2.05, 4.69) is 49.9 Å². The molecule has 0 aromatic carbocycles. The molecule has 0 radical (unpaired) electrons. The van der Waals surface area contributed by atoms with Crippen LogP contribution in [0.5, 0.6) is 0 Å². The third-order valence-corrected chi connectivity index (χ3v) is 7.52. The largest absolute Gasteiger partial charge is 0.361 e. The maximum absolute atomic E-state index is 5.65. The zero-order valence-corrected chi connectivity index (χ0v) is 18.9. The van der Waals surface area contributed by atoms with Gasteiger partial charge in [0.1, 0.15) is 17.8 Å². The van der Waals surface area contributed by atoms with Crippen molar-refractivity contribution in [3.63, 3.8) is 0 Å². The van der Waals surface area contributed by atoms with Crippen molar-refractivity contribution >= 4 is 15.9 Å². The van der Waals surface area contributed by atoms with Crippen molar-refractivity contribution in [1.29, 1.82) is 0 Å². The van der Waals surface area contributed by atoms with Crippen LogP contribution in [0.4, 0.5) is 0 Å². The average molecular weight is 477 g/mol. The molecule has 4 aromatic rings. The minimum Gasteiger partial charge on any atom is -0.361 e. The first-order chi connectivity index (χ1) is 15.1. The van der Waals surface area contributed by atoms with Gasteiger partial charge in [-0.3, -0.25) is 0 Å². The first kappa shape index (κ1) is 18.9. The molecule has 0 fully saturated rings. The highest BCUT2D eigenvalue weighted by atomic mass is 79.9. The number of hydrogen-bond acceptors (Lipinski definition) is 6. The Labute approximate surface area is 188 Å². The molecule has 0 spiro atoms. The number of aromatic nitrogens is 6. The van der Waals surface area contributed by atoms with Gasteiger partial charge in [0.2, 0.25) is 0 Å². The molecule has 0 saturated heterocycles. The molecule has 7 nitrogen and oxygen atoms in total. The van der Waals surface area contributed by atoms with Gasteiger partial charge < -0.3 is 4.52 Å². The van der Waals surface area contributed by atoms with Gasteiger partial charge in [0.05, 0.1) is 17.6 Å². The van der Waals surface area contributed by atoms with Crippen molar-refractivity contribution < 1.29 is 4.52 Å². The predicted octanol–water partition coefficient (Wildman–Crippen LogP) is 4.65. The summed E-state index contributed by atoms with van der Waals surface area (Å²) in [6.45, 7) is 4.63. The van der Waals surface area contributed by atoms with Crippen LogP contribution in [0.3, 0.4) is 0 Å². The van der Waals surface area contributed by atoms with E-state index in [4.69, 9.17) is 9.62 Å². The molecule has 0 unspecified atom stereocenters. The Balaban J connectivity index is 1.61. The highest BCUT2D eigenvalue weighted by molar-refractivity contribution is 9.10. The van der Waals surface area contributed by atoms with Crippen molar-refractivity contribution in [3.8, 4) is 17.2 Å². The third-order valence-electron chi connectivity index (χ3n) is 7.05. The van der Waals surface area contributed by atoms with Gasteiger partial charge in [-0.1, -0.05) is 19.0 Å². The fraction of sp³-hybridized carbons (Fsp3) is 0.348. The summed E-state index contributed by atoms with van der Waals surface area (Å²) >= 11 is 3.50. The Morgan fingerprint density at radius 1 is 1.19 bits per heavy atom. The Morgan fingerprint density at radius 3 is 2.87 bits per heavy atom. The van der Waals surface area contributed by atoms with Gasteiger partial charge in [-0.05, 0) is 59.3 Å². The molecule has 156 valence electrons. The van der Waals surface area contributed by atoms with Crippen LogP contribution in [0.15, 0.2) is 52.1 Å². The summed E-state index contributed by atoms with van der Waals surface area (Å²) in [5, 5.41) is 9.19. The van der Waals surface area contributed by atoms with E-state index in [9.17, 15) is 0 Å². The Bertz CT molecular complexity index is 1270. The van der Waals surface area contributed by atoms with E-state index in [1.807, 2.05) is 35.3 Å². The van der Waals surface area contributed by atoms with Crippen molar-refractivity contribution in [2.45, 2.75) is 44.4 Å². The number of nitrogens with zero attached hydrogens (tertiary/aromatic N) is 6. The molecule has 6 rings (SSSR count). The van der Waals surface area contributed by atoms with E-state index in [-0.39, 0.29) is 5.41 Å². The monoisotopic (exact) mass is 476 g/mol. The second-order valence-electron chi connectivity index (χ2n) is 8.76. The van der Waals surface area contributed by atoms with Crippen molar-refractivity contribution in [1.82, 2.24) is 29.9 Å². The van der Waals surface area contributed by atoms with Gasteiger partial charge in [0.15, 0.2) is 5.82 Å². The second-order valence-corrected chi connectivity index (χ2v) is 9.68. The lowest BCUT2D eigenvalue weighted by atomic mass is 9.56. The third kappa shape index (κ3) is 2.74. The highest BCUT2D eigenvalue weighted by Gasteiger charge is 2.51. The van der Waals surface area contributed by atoms with Crippen molar-refractivity contribution in [2.24, 2.45) is 5.92 Å². The van der Waals surface area contributed by atoms with E-state index in [1.54, 1.807) is 12.5 Å². The second kappa shape index (κ2) is 6.82. The molecular weight excluding hydrogens is 456 g/mol. The van der Waals surface area contributed by atoms with E-state index < -0.39 is 0 Å². The molecule has 3 atom stereocenters. The van der Waals surface area contributed by atoms with Gasteiger partial charge in [-0.15, -0.1) is 0 Å². The molecule has 0 saturated carbocycles. The van der Waals surface area contributed by atoms with Gasteiger partial charge in [0, 0.05) is 39.3 Å². The van der Waals surface area contributed by atoms with Crippen LogP contribution in [0.25, 0.3) is 17.2 Å². The Morgan fingerprint density at radius 2 is 2.10 bits per heavy atom. The number of halogens is 1. The summed E-state index contributed by atoms with van der Waals surface area (Å²) in [6.07, 6.45) is 9.94. The van der Waals surface area contributed by atoms with Crippen LogP contribution in [0.2, 0.25) is 0 Å². The smallest absolute Gasteiger partial charge is 0.153 e. The fourth-order valence-corrected chi connectivity index (χ4v) is 5.97. The molecule has 8 heteroatoms. The molecule has 2 aliphatic carbocycles. The molecule has 4 aromatic heterocycles. The maximum atomic E-state index is 5.65. The summed E-state index contributed by atoms with van der Waals surface area (Å²) < 4.78 is 8.63. The van der Waals surface area contributed by atoms with E-state index in [0.29, 0.717) is 11.8 Å². The SMILES string of the molecule is C[C@H]1c2oncc2C[C@@]2(C)c3c(c(-c4ccncn4)nn3-c3ccc(Br)cn3)CC[C@H]12. The lowest BCUT2D eigenvalue weighted by Gasteiger charge is -2.47. The number of pyridine rings is 1. The van der Waals surface area contributed by atoms with Gasteiger partial charge in [-0.2, -0.15) is 5.10 Å².